The Labute approximate surface area is 90.9 Å². The van der Waals surface area contributed by atoms with E-state index in [1.165, 1.54) is 0 Å². The number of aromatic amines is 1. The molecule has 1 N–H and O–H groups in total. The molecule has 2 heterocycles. The molecule has 0 saturated heterocycles. The fourth-order valence-corrected chi connectivity index (χ4v) is 2.31. The summed E-state index contributed by atoms with van der Waals surface area (Å²) >= 11 is 1.54. The first kappa shape index (κ1) is 10.3. The van der Waals surface area contributed by atoms with Crippen LogP contribution in [-0.4, -0.2) is 23.7 Å². The quantitative estimate of drug-likeness (QED) is 0.859. The molecule has 0 radical (unpaired) electrons. The van der Waals surface area contributed by atoms with Gasteiger partial charge in [0.05, 0.1) is 12.0 Å². The maximum absolute atomic E-state index is 11.6. The third kappa shape index (κ3) is 2.08. The van der Waals surface area contributed by atoms with Crippen LogP contribution >= 0.6 is 11.3 Å². The minimum atomic E-state index is -0.0598. The lowest BCUT2D eigenvalue weighted by molar-refractivity contribution is 0.200. The minimum Gasteiger partial charge on any atom is -0.384 e. The molecule has 2 aromatic heterocycles. The van der Waals surface area contributed by atoms with Gasteiger partial charge in [-0.1, -0.05) is 0 Å². The molecule has 0 unspecified atom stereocenters. The molecular formula is C10H12N2O2S. The van der Waals surface area contributed by atoms with Crippen molar-refractivity contribution in [3.05, 3.63) is 27.1 Å². The fourth-order valence-electron chi connectivity index (χ4n) is 1.41. The smallest absolute Gasteiger partial charge is 0.259 e. The molecule has 4 nitrogen and oxygen atoms in total. The Kier molecular flexibility index (Phi) is 2.83. The van der Waals surface area contributed by atoms with Crippen LogP contribution in [0.4, 0.5) is 0 Å². The van der Waals surface area contributed by atoms with E-state index in [4.69, 9.17) is 4.74 Å². The van der Waals surface area contributed by atoms with Crippen molar-refractivity contribution in [3.63, 3.8) is 0 Å². The van der Waals surface area contributed by atoms with E-state index in [0.29, 0.717) is 24.2 Å². The Bertz CT molecular complexity index is 530. The van der Waals surface area contributed by atoms with Gasteiger partial charge in [-0.15, -0.1) is 11.3 Å². The summed E-state index contributed by atoms with van der Waals surface area (Å²) in [5, 5.41) is 0.679. The summed E-state index contributed by atoms with van der Waals surface area (Å²) in [5.74, 6) is 0.691. The Hall–Kier alpha value is -1.20. The van der Waals surface area contributed by atoms with Crippen LogP contribution in [0.1, 0.15) is 10.7 Å². The molecule has 0 atom stereocenters. The van der Waals surface area contributed by atoms with E-state index in [2.05, 4.69) is 9.97 Å². The fraction of sp³-hybridized carbons (Fsp3) is 0.400. The summed E-state index contributed by atoms with van der Waals surface area (Å²) in [6.45, 7) is 2.54. The average Bonchev–Trinajstić information content (AvgIpc) is 2.56. The van der Waals surface area contributed by atoms with Gasteiger partial charge in [0.25, 0.3) is 5.56 Å². The largest absolute Gasteiger partial charge is 0.384 e. The summed E-state index contributed by atoms with van der Waals surface area (Å²) in [6.07, 6.45) is 0.638. The minimum absolute atomic E-state index is 0.0598. The summed E-state index contributed by atoms with van der Waals surface area (Å²) in [7, 11) is 1.63. The molecule has 0 spiro atoms. The molecule has 0 aliphatic heterocycles. The number of methoxy groups -OCH3 is 1. The van der Waals surface area contributed by atoms with Gasteiger partial charge in [0.1, 0.15) is 10.7 Å². The van der Waals surface area contributed by atoms with E-state index < -0.39 is 0 Å². The van der Waals surface area contributed by atoms with E-state index in [9.17, 15) is 4.79 Å². The predicted molar refractivity (Wildman–Crippen MR) is 60.6 cm³/mol. The summed E-state index contributed by atoms with van der Waals surface area (Å²) < 4.78 is 4.94. The third-order valence-electron chi connectivity index (χ3n) is 2.12. The highest BCUT2D eigenvalue weighted by Crippen LogP contribution is 2.19. The van der Waals surface area contributed by atoms with Crippen LogP contribution < -0.4 is 5.56 Å². The van der Waals surface area contributed by atoms with Crippen LogP contribution in [0.3, 0.4) is 0 Å². The van der Waals surface area contributed by atoms with Crippen molar-refractivity contribution in [3.8, 4) is 0 Å². The van der Waals surface area contributed by atoms with Gasteiger partial charge in [0.2, 0.25) is 0 Å². The zero-order valence-corrected chi connectivity index (χ0v) is 9.48. The SMILES string of the molecule is COCCc1nc2sc(C)cc2c(=O)[nH]1. The number of rotatable bonds is 3. The molecule has 0 amide bonds. The molecule has 15 heavy (non-hydrogen) atoms. The molecule has 5 heteroatoms. The number of aromatic nitrogens is 2. The van der Waals surface area contributed by atoms with Crippen LogP contribution in [0.2, 0.25) is 0 Å². The number of hydrogen-bond donors (Lipinski definition) is 1. The monoisotopic (exact) mass is 224 g/mol. The van der Waals surface area contributed by atoms with Crippen molar-refractivity contribution in [2.75, 3.05) is 13.7 Å². The maximum atomic E-state index is 11.6. The summed E-state index contributed by atoms with van der Waals surface area (Å²) in [5.41, 5.74) is -0.0598. The Morgan fingerprint density at radius 1 is 1.60 bits per heavy atom. The van der Waals surface area contributed by atoms with Gasteiger partial charge in [-0.2, -0.15) is 0 Å². The van der Waals surface area contributed by atoms with Crippen molar-refractivity contribution in [1.29, 1.82) is 0 Å². The van der Waals surface area contributed by atoms with E-state index in [-0.39, 0.29) is 5.56 Å². The van der Waals surface area contributed by atoms with Crippen LogP contribution in [0.25, 0.3) is 10.2 Å². The van der Waals surface area contributed by atoms with Gasteiger partial charge in [-0.05, 0) is 13.0 Å². The lowest BCUT2D eigenvalue weighted by Crippen LogP contribution is -2.12. The molecule has 0 aliphatic rings. The molecule has 0 bridgehead atoms. The molecular weight excluding hydrogens is 212 g/mol. The van der Waals surface area contributed by atoms with Crippen LogP contribution in [0.15, 0.2) is 10.9 Å². The number of H-pyrrole nitrogens is 1. The first-order chi connectivity index (χ1) is 7.20. The van der Waals surface area contributed by atoms with Gasteiger partial charge in [0, 0.05) is 18.4 Å². The number of aryl methyl sites for hydroxylation is 1. The summed E-state index contributed by atoms with van der Waals surface area (Å²) in [4.78, 5) is 20.7. The van der Waals surface area contributed by atoms with Crippen LogP contribution in [0, 0.1) is 6.92 Å². The lowest BCUT2D eigenvalue weighted by Gasteiger charge is -1.98. The standard InChI is InChI=1S/C10H12N2O2S/c1-6-5-7-9(13)11-8(3-4-14-2)12-10(7)15-6/h5H,3-4H2,1-2H3,(H,11,12,13). The normalized spacial score (nSPS) is 11.1. The van der Waals surface area contributed by atoms with E-state index >= 15 is 0 Å². The molecule has 0 saturated carbocycles. The number of nitrogens with zero attached hydrogens (tertiary/aromatic N) is 1. The van der Waals surface area contributed by atoms with Crippen molar-refractivity contribution < 1.29 is 4.74 Å². The van der Waals surface area contributed by atoms with E-state index in [1.807, 2.05) is 13.0 Å². The highest BCUT2D eigenvalue weighted by molar-refractivity contribution is 7.18. The molecule has 2 aromatic rings. The number of nitrogens with one attached hydrogen (secondary N) is 1. The molecule has 0 aliphatic carbocycles. The lowest BCUT2D eigenvalue weighted by atomic mass is 10.3. The van der Waals surface area contributed by atoms with Gasteiger partial charge in [0.15, 0.2) is 0 Å². The van der Waals surface area contributed by atoms with Gasteiger partial charge in [-0.3, -0.25) is 4.79 Å². The second-order valence-corrected chi connectivity index (χ2v) is 4.57. The topological polar surface area (TPSA) is 55.0 Å². The van der Waals surface area contributed by atoms with Crippen molar-refractivity contribution in [2.24, 2.45) is 0 Å². The second-order valence-electron chi connectivity index (χ2n) is 3.33. The number of hydrogen-bond acceptors (Lipinski definition) is 4. The van der Waals surface area contributed by atoms with Crippen molar-refractivity contribution in [2.45, 2.75) is 13.3 Å². The first-order valence-electron chi connectivity index (χ1n) is 4.69. The molecule has 80 valence electrons. The zero-order valence-electron chi connectivity index (χ0n) is 8.66. The summed E-state index contributed by atoms with van der Waals surface area (Å²) in [6, 6.07) is 1.87. The number of fused-ring (bicyclic) bond motifs is 1. The molecule has 2 rings (SSSR count). The second kappa shape index (κ2) is 4.12. The Balaban J connectivity index is 2.47. The highest BCUT2D eigenvalue weighted by atomic mass is 32.1. The third-order valence-corrected chi connectivity index (χ3v) is 3.06. The first-order valence-corrected chi connectivity index (χ1v) is 5.50. The highest BCUT2D eigenvalue weighted by Gasteiger charge is 2.06. The van der Waals surface area contributed by atoms with Crippen LogP contribution in [-0.2, 0) is 11.2 Å². The number of thiophene rings is 1. The Morgan fingerprint density at radius 2 is 2.40 bits per heavy atom. The van der Waals surface area contributed by atoms with E-state index in [1.54, 1.807) is 18.4 Å². The maximum Gasteiger partial charge on any atom is 0.259 e. The molecule has 0 aromatic carbocycles. The average molecular weight is 224 g/mol. The predicted octanol–water partition coefficient (Wildman–Crippen LogP) is 1.48. The Morgan fingerprint density at radius 3 is 3.13 bits per heavy atom. The van der Waals surface area contributed by atoms with Crippen molar-refractivity contribution >= 4 is 21.6 Å². The molecule has 0 fully saturated rings. The van der Waals surface area contributed by atoms with Gasteiger partial charge < -0.3 is 9.72 Å². The van der Waals surface area contributed by atoms with Gasteiger partial charge in [-0.25, -0.2) is 4.98 Å². The van der Waals surface area contributed by atoms with Gasteiger partial charge >= 0.3 is 0 Å². The van der Waals surface area contributed by atoms with Crippen LogP contribution in [0.5, 0.6) is 0 Å². The zero-order chi connectivity index (χ0) is 10.8. The number of ether oxygens (including phenoxy) is 1. The van der Waals surface area contributed by atoms with Crippen molar-refractivity contribution in [1.82, 2.24) is 9.97 Å². The van der Waals surface area contributed by atoms with E-state index in [0.717, 1.165) is 9.71 Å².